The molecule has 1 heterocycles. The highest BCUT2D eigenvalue weighted by Gasteiger charge is 2.70. The van der Waals surface area contributed by atoms with E-state index in [1.165, 1.54) is 32.1 Å². The number of rotatable bonds is 1. The number of aliphatic hydroxyl groups is 1. The third-order valence-corrected chi connectivity index (χ3v) is 11.1. The molecule has 5 aliphatic rings. The van der Waals surface area contributed by atoms with E-state index in [9.17, 15) is 9.90 Å². The van der Waals surface area contributed by atoms with Gasteiger partial charge in [-0.3, -0.25) is 0 Å². The molecule has 0 bridgehead atoms. The lowest BCUT2D eigenvalue weighted by Gasteiger charge is -2.70. The number of cyclic esters (lactones) is 1. The number of aliphatic hydroxyl groups excluding tert-OH is 1. The first-order chi connectivity index (χ1) is 14.0. The van der Waals surface area contributed by atoms with E-state index >= 15 is 0 Å². The zero-order valence-corrected chi connectivity index (χ0v) is 19.7. The number of allylic oxidation sites excluding steroid dienone is 1. The van der Waals surface area contributed by atoms with Crippen molar-refractivity contribution in [1.29, 1.82) is 0 Å². The van der Waals surface area contributed by atoms with Crippen molar-refractivity contribution in [3.8, 4) is 0 Å². The van der Waals surface area contributed by atoms with Crippen LogP contribution < -0.4 is 0 Å². The smallest absolute Gasteiger partial charge is 0.336 e. The van der Waals surface area contributed by atoms with Gasteiger partial charge >= 0.3 is 5.97 Å². The zero-order valence-electron chi connectivity index (χ0n) is 19.7. The maximum absolute atomic E-state index is 12.5. The van der Waals surface area contributed by atoms with Crippen molar-refractivity contribution in [2.75, 3.05) is 7.11 Å². The van der Waals surface area contributed by atoms with Gasteiger partial charge in [0.15, 0.2) is 0 Å². The van der Waals surface area contributed by atoms with Gasteiger partial charge in [-0.1, -0.05) is 47.1 Å². The Morgan fingerprint density at radius 3 is 2.43 bits per heavy atom. The summed E-state index contributed by atoms with van der Waals surface area (Å²) in [6.45, 7) is 12.2. The Morgan fingerprint density at radius 2 is 1.73 bits per heavy atom. The molecule has 0 radical (unpaired) electrons. The highest BCUT2D eigenvalue weighted by Crippen LogP contribution is 2.73. The lowest BCUT2D eigenvalue weighted by molar-refractivity contribution is -0.249. The maximum Gasteiger partial charge on any atom is 0.336 e. The molecule has 4 heteroatoms. The largest absolute Gasteiger partial charge is 0.432 e. The van der Waals surface area contributed by atoms with Gasteiger partial charge in [0.1, 0.15) is 0 Å². The van der Waals surface area contributed by atoms with E-state index < -0.39 is 17.8 Å². The number of hydrogen-bond donors (Lipinski definition) is 1. The minimum Gasteiger partial charge on any atom is -0.432 e. The van der Waals surface area contributed by atoms with Crippen LogP contribution in [0.2, 0.25) is 0 Å². The van der Waals surface area contributed by atoms with E-state index in [0.717, 1.165) is 24.3 Å². The molecule has 0 aromatic heterocycles. The highest BCUT2D eigenvalue weighted by molar-refractivity contribution is 5.91. The Hall–Kier alpha value is -0.870. The monoisotopic (exact) mass is 416 g/mol. The number of hydrogen-bond acceptors (Lipinski definition) is 4. The molecule has 4 aliphatic carbocycles. The molecule has 0 unspecified atom stereocenters. The van der Waals surface area contributed by atoms with Crippen molar-refractivity contribution in [1.82, 2.24) is 0 Å². The zero-order chi connectivity index (χ0) is 21.7. The van der Waals surface area contributed by atoms with Crippen molar-refractivity contribution >= 4 is 5.97 Å². The summed E-state index contributed by atoms with van der Waals surface area (Å²) in [6.07, 6.45) is 9.20. The number of esters is 1. The molecule has 4 fully saturated rings. The van der Waals surface area contributed by atoms with E-state index in [1.54, 1.807) is 7.11 Å². The van der Waals surface area contributed by atoms with Gasteiger partial charge in [0, 0.05) is 18.1 Å². The Kier molecular flexibility index (Phi) is 4.44. The van der Waals surface area contributed by atoms with Crippen molar-refractivity contribution in [3.63, 3.8) is 0 Å². The van der Waals surface area contributed by atoms with Gasteiger partial charge in [-0.15, -0.1) is 0 Å². The minimum absolute atomic E-state index is 0.165. The van der Waals surface area contributed by atoms with Crippen LogP contribution in [-0.2, 0) is 14.3 Å². The van der Waals surface area contributed by atoms with Crippen molar-refractivity contribution < 1.29 is 19.4 Å². The van der Waals surface area contributed by atoms with E-state index in [1.807, 2.05) is 0 Å². The second-order valence-corrected chi connectivity index (χ2v) is 12.5. The summed E-state index contributed by atoms with van der Waals surface area (Å²) in [6, 6.07) is 0. The Balaban J connectivity index is 1.59. The summed E-state index contributed by atoms with van der Waals surface area (Å²) in [5.74, 6) is 1.16. The first-order valence-corrected chi connectivity index (χ1v) is 12.1. The molecular formula is C26H40O4. The molecule has 4 nitrogen and oxygen atoms in total. The van der Waals surface area contributed by atoms with Crippen LogP contribution in [-0.4, -0.2) is 30.6 Å². The molecule has 1 saturated heterocycles. The van der Waals surface area contributed by atoms with Crippen LogP contribution in [0, 0.1) is 45.3 Å². The molecule has 1 N–H and O–H groups in total. The second-order valence-electron chi connectivity index (χ2n) is 12.5. The third kappa shape index (κ3) is 2.38. The number of fused-ring (bicyclic) bond motifs is 7. The molecular weight excluding hydrogens is 376 g/mol. The fraction of sp³-hybridized carbons (Fsp3) is 0.885. The van der Waals surface area contributed by atoms with Crippen LogP contribution in [0.4, 0.5) is 0 Å². The summed E-state index contributed by atoms with van der Waals surface area (Å²) in [5, 5.41) is 11.7. The molecule has 168 valence electrons. The van der Waals surface area contributed by atoms with Crippen LogP contribution in [0.25, 0.3) is 0 Å². The maximum atomic E-state index is 12.5. The molecule has 5 rings (SSSR count). The summed E-state index contributed by atoms with van der Waals surface area (Å²) < 4.78 is 11.2. The lowest BCUT2D eigenvalue weighted by atomic mass is 9.34. The highest BCUT2D eigenvalue weighted by atomic mass is 16.7. The molecule has 9 atom stereocenters. The molecule has 3 saturated carbocycles. The summed E-state index contributed by atoms with van der Waals surface area (Å²) >= 11 is 0. The standard InChI is InChI=1S/C26H40O4/c1-23(2)11-7-12-24(3)16(23)10-13-25(4)17-9-8-15-20(22(29-6)30-21(15)28)26(17,5)19(27)14-18(24)25/h8,16-20,22,27H,7,9-14H2,1-6H3/t16-,17-,18+,19+,20+,22+,24-,25-,26+/m0/s1. The first-order valence-electron chi connectivity index (χ1n) is 12.1. The van der Waals surface area contributed by atoms with E-state index in [0.29, 0.717) is 17.3 Å². The van der Waals surface area contributed by atoms with Gasteiger partial charge < -0.3 is 14.6 Å². The fourth-order valence-electron chi connectivity index (χ4n) is 9.79. The predicted octanol–water partition coefficient (Wildman–Crippen LogP) is 5.10. The van der Waals surface area contributed by atoms with Crippen molar-refractivity contribution in [3.05, 3.63) is 11.6 Å². The fourth-order valence-corrected chi connectivity index (χ4v) is 9.79. The second kappa shape index (κ2) is 6.34. The quantitative estimate of drug-likeness (QED) is 0.604. The molecule has 0 aromatic rings. The Labute approximate surface area is 181 Å². The molecule has 0 spiro atoms. The lowest BCUT2D eigenvalue weighted by Crippen LogP contribution is -2.66. The molecule has 0 amide bonds. The van der Waals surface area contributed by atoms with Crippen molar-refractivity contribution in [2.45, 2.75) is 92.0 Å². The topological polar surface area (TPSA) is 55.8 Å². The number of carbonyl (C=O) groups is 1. The Bertz CT molecular complexity index is 786. The van der Waals surface area contributed by atoms with Gasteiger partial charge in [0.05, 0.1) is 12.0 Å². The number of carbonyl (C=O) groups excluding carboxylic acids is 1. The van der Waals surface area contributed by atoms with Gasteiger partial charge in [-0.25, -0.2) is 4.79 Å². The summed E-state index contributed by atoms with van der Waals surface area (Å²) in [7, 11) is 1.62. The van der Waals surface area contributed by atoms with Crippen LogP contribution >= 0.6 is 0 Å². The van der Waals surface area contributed by atoms with Crippen LogP contribution in [0.15, 0.2) is 11.6 Å². The summed E-state index contributed by atoms with van der Waals surface area (Å²) in [4.78, 5) is 12.5. The average molecular weight is 417 g/mol. The Morgan fingerprint density at radius 1 is 1.03 bits per heavy atom. The van der Waals surface area contributed by atoms with E-state index in [2.05, 4.69) is 40.7 Å². The van der Waals surface area contributed by atoms with Gasteiger partial charge in [0.25, 0.3) is 0 Å². The van der Waals surface area contributed by atoms with E-state index in [-0.39, 0.29) is 22.7 Å². The normalized spacial score (nSPS) is 54.2. The average Bonchev–Trinajstić information content (AvgIpc) is 3.00. The first kappa shape index (κ1) is 21.0. The van der Waals surface area contributed by atoms with Crippen molar-refractivity contribution in [2.24, 2.45) is 45.3 Å². The van der Waals surface area contributed by atoms with Crippen LogP contribution in [0.1, 0.15) is 79.6 Å². The van der Waals surface area contributed by atoms with Gasteiger partial charge in [-0.2, -0.15) is 0 Å². The van der Waals surface area contributed by atoms with Gasteiger partial charge in [0.2, 0.25) is 6.29 Å². The number of methoxy groups -OCH3 is 1. The van der Waals surface area contributed by atoms with Gasteiger partial charge in [-0.05, 0) is 72.5 Å². The molecule has 30 heavy (non-hydrogen) atoms. The third-order valence-electron chi connectivity index (χ3n) is 11.1. The molecule has 1 aliphatic heterocycles. The predicted molar refractivity (Wildman–Crippen MR) is 115 cm³/mol. The minimum atomic E-state index is -0.577. The summed E-state index contributed by atoms with van der Waals surface area (Å²) in [5.41, 5.74) is 1.17. The van der Waals surface area contributed by atoms with Crippen LogP contribution in [0.3, 0.4) is 0 Å². The number of ether oxygens (including phenoxy) is 2. The van der Waals surface area contributed by atoms with Crippen LogP contribution in [0.5, 0.6) is 0 Å². The van der Waals surface area contributed by atoms with E-state index in [4.69, 9.17) is 9.47 Å². The molecule has 0 aromatic carbocycles. The SMILES string of the molecule is CO[C@@H]1OC(=O)C2=CC[C@H]3[C@]4(C)CC[C@H]5C(C)(C)CCC[C@]5(C)[C@H]4C[C@@H](O)[C@]3(C)[C@H]21.